The Morgan fingerprint density at radius 3 is 2.33 bits per heavy atom. The molecule has 0 spiro atoms. The van der Waals surface area contributed by atoms with Crippen LogP contribution in [0.1, 0.15) is 24.5 Å². The Morgan fingerprint density at radius 1 is 1.00 bits per heavy atom. The summed E-state index contributed by atoms with van der Waals surface area (Å²) in [5.74, 6) is 2.13. The minimum Gasteiger partial charge on any atom is -0.497 e. The number of thioether (sulfide) groups is 1. The molecule has 3 aromatic carbocycles. The molecule has 4 nitrogen and oxygen atoms in total. The van der Waals surface area contributed by atoms with Crippen molar-refractivity contribution in [3.8, 4) is 11.5 Å². The first-order valence-electron chi connectivity index (χ1n) is 9.98. The van der Waals surface area contributed by atoms with Gasteiger partial charge in [0.05, 0.1) is 7.11 Å². The van der Waals surface area contributed by atoms with Gasteiger partial charge in [-0.15, -0.1) is 11.8 Å². The molecular formula is C25H27NO3S. The summed E-state index contributed by atoms with van der Waals surface area (Å²) >= 11 is 1.80. The maximum Gasteiger partial charge on any atom is 0.265 e. The van der Waals surface area contributed by atoms with Crippen LogP contribution in [0.5, 0.6) is 11.5 Å². The first kappa shape index (κ1) is 21.8. The van der Waals surface area contributed by atoms with E-state index in [2.05, 4.69) is 29.6 Å². The van der Waals surface area contributed by atoms with Crippen molar-refractivity contribution in [2.24, 2.45) is 0 Å². The molecule has 0 aliphatic heterocycles. The van der Waals surface area contributed by atoms with Crippen LogP contribution in [0.4, 0.5) is 5.69 Å². The molecule has 0 aromatic heterocycles. The van der Waals surface area contributed by atoms with E-state index in [1.807, 2.05) is 50.2 Å². The molecule has 0 aliphatic carbocycles. The van der Waals surface area contributed by atoms with Crippen LogP contribution >= 0.6 is 11.8 Å². The smallest absolute Gasteiger partial charge is 0.265 e. The number of benzene rings is 3. The largest absolute Gasteiger partial charge is 0.497 e. The molecule has 3 rings (SSSR count). The number of amides is 1. The number of carbonyl (C=O) groups excluding carboxylic acids is 1. The Kier molecular flexibility index (Phi) is 7.80. The van der Waals surface area contributed by atoms with E-state index in [1.165, 1.54) is 10.5 Å². The summed E-state index contributed by atoms with van der Waals surface area (Å²) < 4.78 is 11.0. The molecule has 1 atom stereocenters. The zero-order valence-corrected chi connectivity index (χ0v) is 18.4. The highest BCUT2D eigenvalue weighted by atomic mass is 32.2. The lowest BCUT2D eigenvalue weighted by Gasteiger charge is -2.18. The number of carbonyl (C=O) groups is 1. The predicted octanol–water partition coefficient (Wildman–Crippen LogP) is 6.09. The molecule has 0 aliphatic rings. The molecule has 0 heterocycles. The number of rotatable bonds is 9. The third-order valence-corrected chi connectivity index (χ3v) is 5.78. The number of anilines is 1. The maximum absolute atomic E-state index is 12.8. The van der Waals surface area contributed by atoms with E-state index in [-0.39, 0.29) is 5.91 Å². The first-order chi connectivity index (χ1) is 14.6. The van der Waals surface area contributed by atoms with Crippen LogP contribution in [-0.4, -0.2) is 19.1 Å². The van der Waals surface area contributed by atoms with Gasteiger partial charge in [-0.2, -0.15) is 0 Å². The maximum atomic E-state index is 12.8. The zero-order valence-electron chi connectivity index (χ0n) is 17.6. The highest BCUT2D eigenvalue weighted by Gasteiger charge is 2.19. The van der Waals surface area contributed by atoms with Gasteiger partial charge < -0.3 is 14.8 Å². The molecule has 156 valence electrons. The van der Waals surface area contributed by atoms with Gasteiger partial charge in [0.25, 0.3) is 5.91 Å². The van der Waals surface area contributed by atoms with Crippen molar-refractivity contribution in [1.82, 2.24) is 0 Å². The Balaban J connectivity index is 1.60. The van der Waals surface area contributed by atoms with Gasteiger partial charge in [-0.1, -0.05) is 37.3 Å². The van der Waals surface area contributed by atoms with E-state index < -0.39 is 6.10 Å². The van der Waals surface area contributed by atoms with Crippen molar-refractivity contribution < 1.29 is 14.3 Å². The number of hydrogen-bond donors (Lipinski definition) is 1. The Labute approximate surface area is 182 Å². The first-order valence-corrected chi connectivity index (χ1v) is 11.0. The quantitative estimate of drug-likeness (QED) is 0.425. The topological polar surface area (TPSA) is 47.6 Å². The van der Waals surface area contributed by atoms with Crippen LogP contribution in [0.15, 0.2) is 77.7 Å². The molecule has 0 unspecified atom stereocenters. The van der Waals surface area contributed by atoms with Gasteiger partial charge in [0, 0.05) is 16.3 Å². The molecule has 0 radical (unpaired) electrons. The van der Waals surface area contributed by atoms with E-state index in [0.29, 0.717) is 12.2 Å². The van der Waals surface area contributed by atoms with Crippen LogP contribution in [0.2, 0.25) is 0 Å². The van der Waals surface area contributed by atoms with Crippen molar-refractivity contribution >= 4 is 23.4 Å². The third kappa shape index (κ3) is 6.04. The summed E-state index contributed by atoms with van der Waals surface area (Å²) in [7, 11) is 1.62. The monoisotopic (exact) mass is 421 g/mol. The van der Waals surface area contributed by atoms with Gasteiger partial charge >= 0.3 is 0 Å². The highest BCUT2D eigenvalue weighted by Crippen LogP contribution is 2.25. The van der Waals surface area contributed by atoms with Crippen molar-refractivity contribution in [3.63, 3.8) is 0 Å². The predicted molar refractivity (Wildman–Crippen MR) is 124 cm³/mol. The summed E-state index contributed by atoms with van der Waals surface area (Å²) in [4.78, 5) is 14.0. The number of ether oxygens (including phenoxy) is 2. The summed E-state index contributed by atoms with van der Waals surface area (Å²) in [6, 6.07) is 23.7. The molecule has 0 saturated heterocycles. The lowest BCUT2D eigenvalue weighted by atomic mass is 10.1. The van der Waals surface area contributed by atoms with Crippen molar-refractivity contribution in [3.05, 3.63) is 83.9 Å². The second-order valence-corrected chi connectivity index (χ2v) is 7.98. The molecule has 1 amide bonds. The van der Waals surface area contributed by atoms with Crippen molar-refractivity contribution in [2.45, 2.75) is 37.0 Å². The summed E-state index contributed by atoms with van der Waals surface area (Å²) in [6.45, 7) is 3.95. The molecule has 3 aromatic rings. The Morgan fingerprint density at radius 2 is 1.70 bits per heavy atom. The van der Waals surface area contributed by atoms with Crippen LogP contribution in [0.25, 0.3) is 0 Å². The summed E-state index contributed by atoms with van der Waals surface area (Å²) in [5.41, 5.74) is 3.07. The van der Waals surface area contributed by atoms with Gasteiger partial charge in [0.15, 0.2) is 6.10 Å². The van der Waals surface area contributed by atoms with Crippen LogP contribution in [0.3, 0.4) is 0 Å². The Bertz CT molecular complexity index is 958. The fourth-order valence-corrected chi connectivity index (χ4v) is 3.86. The van der Waals surface area contributed by atoms with E-state index in [9.17, 15) is 4.79 Å². The van der Waals surface area contributed by atoms with E-state index >= 15 is 0 Å². The van der Waals surface area contributed by atoms with Gasteiger partial charge in [0.1, 0.15) is 11.5 Å². The fraction of sp³-hybridized carbons (Fsp3) is 0.240. The molecular weight excluding hydrogens is 394 g/mol. The average Bonchev–Trinajstić information content (AvgIpc) is 2.78. The molecule has 0 fully saturated rings. The average molecular weight is 422 g/mol. The van der Waals surface area contributed by atoms with E-state index in [1.54, 1.807) is 31.0 Å². The molecule has 1 N–H and O–H groups in total. The van der Waals surface area contributed by atoms with Gasteiger partial charge in [-0.25, -0.2) is 0 Å². The standard InChI is InChI=1S/C25H27NO3S/c1-4-24(29-21-13-11-20(28-3)12-14-21)25(27)26-23-15-10-19(16-18(23)2)17-30-22-8-6-5-7-9-22/h5-16,24H,4,17H2,1-3H3,(H,26,27)/t24-/m1/s1. The summed E-state index contributed by atoms with van der Waals surface area (Å²) in [5, 5.41) is 3.01. The minimum absolute atomic E-state index is 0.150. The highest BCUT2D eigenvalue weighted by molar-refractivity contribution is 7.98. The number of aryl methyl sites for hydroxylation is 1. The van der Waals surface area contributed by atoms with E-state index in [4.69, 9.17) is 9.47 Å². The van der Waals surface area contributed by atoms with Crippen molar-refractivity contribution in [2.75, 3.05) is 12.4 Å². The van der Waals surface area contributed by atoms with Gasteiger partial charge in [-0.3, -0.25) is 4.79 Å². The fourth-order valence-electron chi connectivity index (χ4n) is 2.99. The minimum atomic E-state index is -0.564. The molecule has 0 saturated carbocycles. The molecule has 30 heavy (non-hydrogen) atoms. The van der Waals surface area contributed by atoms with Crippen LogP contribution in [0, 0.1) is 6.92 Å². The molecule has 5 heteroatoms. The SMILES string of the molecule is CC[C@@H](Oc1ccc(OC)cc1)C(=O)Nc1ccc(CSc2ccccc2)cc1C. The third-order valence-electron chi connectivity index (χ3n) is 4.70. The zero-order chi connectivity index (χ0) is 21.3. The van der Waals surface area contributed by atoms with Crippen LogP contribution < -0.4 is 14.8 Å². The summed E-state index contributed by atoms with van der Waals surface area (Å²) in [6.07, 6.45) is 0.00834. The van der Waals surface area contributed by atoms with Gasteiger partial charge in [-0.05, 0) is 66.9 Å². The normalized spacial score (nSPS) is 11.6. The molecule has 0 bridgehead atoms. The van der Waals surface area contributed by atoms with Crippen molar-refractivity contribution in [1.29, 1.82) is 0 Å². The van der Waals surface area contributed by atoms with Crippen LogP contribution in [-0.2, 0) is 10.5 Å². The lowest BCUT2D eigenvalue weighted by molar-refractivity contribution is -0.122. The lowest BCUT2D eigenvalue weighted by Crippen LogP contribution is -2.32. The number of nitrogens with one attached hydrogen (secondary N) is 1. The second-order valence-electron chi connectivity index (χ2n) is 6.93. The second kappa shape index (κ2) is 10.7. The van der Waals surface area contributed by atoms with E-state index in [0.717, 1.165) is 22.8 Å². The Hall–Kier alpha value is -2.92. The number of methoxy groups -OCH3 is 1. The van der Waals surface area contributed by atoms with Gasteiger partial charge in [0.2, 0.25) is 0 Å². The number of hydrogen-bond acceptors (Lipinski definition) is 4.